The monoisotopic (exact) mass is 303 g/mol. The fourth-order valence-electron chi connectivity index (χ4n) is 1.67. The normalized spacial score (nSPS) is 12.8. The predicted octanol–water partition coefficient (Wildman–Crippen LogP) is 1.87. The number of carbonyl (C=O) groups excluding carboxylic acids is 2. The van der Waals surface area contributed by atoms with Crippen LogP contribution in [0.2, 0.25) is 0 Å². The Bertz CT molecular complexity index is 598. The van der Waals surface area contributed by atoms with Crippen LogP contribution >= 0.6 is 11.6 Å². The summed E-state index contributed by atoms with van der Waals surface area (Å²) in [6.45, 7) is 2.45. The number of sulfone groups is 1. The molecule has 2 amide bonds. The molecule has 0 saturated carbocycles. The van der Waals surface area contributed by atoms with Crippen LogP contribution in [-0.4, -0.2) is 26.5 Å². The lowest BCUT2D eigenvalue weighted by Gasteiger charge is -2.22. The van der Waals surface area contributed by atoms with Gasteiger partial charge in [0.05, 0.1) is 5.69 Å². The van der Waals surface area contributed by atoms with E-state index < -0.39 is 26.4 Å². The van der Waals surface area contributed by atoms with E-state index in [1.165, 1.54) is 26.0 Å². The maximum Gasteiger partial charge on any atom is 0.230 e. The SMILES string of the molecule is CC(=O)N(C(C)=O)c1ccccc1[C@H](Cl)S(C)(=O)=O. The lowest BCUT2D eigenvalue weighted by Crippen LogP contribution is -2.34. The largest absolute Gasteiger partial charge is 0.274 e. The number of amides is 2. The standard InChI is InChI=1S/C12H14ClNO4S/c1-8(15)14(9(2)16)11-7-5-4-6-10(11)12(13)19(3,17)18/h4-7,12H,1-3H3/t12-/m1/s1. The van der Waals surface area contributed by atoms with Crippen LogP contribution in [0.15, 0.2) is 24.3 Å². The van der Waals surface area contributed by atoms with E-state index in [0.717, 1.165) is 11.2 Å². The predicted molar refractivity (Wildman–Crippen MR) is 73.7 cm³/mol. The molecule has 0 unspecified atom stereocenters. The molecule has 7 heteroatoms. The molecule has 0 N–H and O–H groups in total. The van der Waals surface area contributed by atoms with Crippen molar-refractivity contribution >= 4 is 38.9 Å². The first kappa shape index (κ1) is 15.7. The van der Waals surface area contributed by atoms with E-state index in [4.69, 9.17) is 11.6 Å². The van der Waals surface area contributed by atoms with Crippen molar-refractivity contribution in [2.75, 3.05) is 11.2 Å². The molecule has 0 heterocycles. The van der Waals surface area contributed by atoms with Crippen LogP contribution in [0.25, 0.3) is 0 Å². The summed E-state index contributed by atoms with van der Waals surface area (Å²) < 4.78 is 21.7. The topological polar surface area (TPSA) is 71.5 Å². The molecule has 0 aliphatic carbocycles. The maximum atomic E-state index is 11.5. The van der Waals surface area contributed by atoms with Gasteiger partial charge in [0, 0.05) is 25.7 Å². The van der Waals surface area contributed by atoms with Crippen LogP contribution in [0.4, 0.5) is 5.69 Å². The highest BCUT2D eigenvalue weighted by atomic mass is 35.5. The molecule has 0 saturated heterocycles. The molecule has 1 aromatic carbocycles. The van der Waals surface area contributed by atoms with E-state index in [0.29, 0.717) is 0 Å². The summed E-state index contributed by atoms with van der Waals surface area (Å²) in [5.74, 6) is -1.00. The average Bonchev–Trinajstić information content (AvgIpc) is 2.26. The number of halogens is 1. The van der Waals surface area contributed by atoms with Crippen LogP contribution in [0.5, 0.6) is 0 Å². The van der Waals surface area contributed by atoms with Crippen LogP contribution < -0.4 is 4.90 Å². The second kappa shape index (κ2) is 5.71. The highest BCUT2D eigenvalue weighted by Gasteiger charge is 2.27. The Morgan fingerprint density at radius 1 is 1.16 bits per heavy atom. The van der Waals surface area contributed by atoms with Crippen LogP contribution in [-0.2, 0) is 19.4 Å². The molecular weight excluding hydrogens is 290 g/mol. The third-order valence-corrected chi connectivity index (χ3v) is 4.64. The third kappa shape index (κ3) is 3.54. The van der Waals surface area contributed by atoms with Gasteiger partial charge in [-0.15, -0.1) is 11.6 Å². The molecule has 0 aliphatic heterocycles. The number of anilines is 1. The van der Waals surface area contributed by atoms with Gasteiger partial charge < -0.3 is 0 Å². The number of alkyl halides is 1. The molecule has 0 bridgehead atoms. The van der Waals surface area contributed by atoms with Crippen molar-refractivity contribution < 1.29 is 18.0 Å². The molecule has 0 aromatic heterocycles. The minimum absolute atomic E-state index is 0.188. The lowest BCUT2D eigenvalue weighted by atomic mass is 10.1. The highest BCUT2D eigenvalue weighted by molar-refractivity contribution is 7.92. The number of nitrogens with zero attached hydrogens (tertiary/aromatic N) is 1. The lowest BCUT2D eigenvalue weighted by molar-refractivity contribution is -0.124. The molecule has 1 aromatic rings. The van der Waals surface area contributed by atoms with E-state index in [2.05, 4.69) is 0 Å². The average molecular weight is 304 g/mol. The molecular formula is C12H14ClNO4S. The summed E-state index contributed by atoms with van der Waals surface area (Å²) in [7, 11) is -3.55. The van der Waals surface area contributed by atoms with Crippen molar-refractivity contribution in [3.05, 3.63) is 29.8 Å². The summed E-state index contributed by atoms with van der Waals surface area (Å²) in [5.41, 5.74) is 0.394. The van der Waals surface area contributed by atoms with Crippen molar-refractivity contribution in [3.8, 4) is 0 Å². The van der Waals surface area contributed by atoms with E-state index >= 15 is 0 Å². The summed E-state index contributed by atoms with van der Waals surface area (Å²) >= 11 is 5.90. The molecule has 5 nitrogen and oxygen atoms in total. The maximum absolute atomic E-state index is 11.5. The number of benzene rings is 1. The zero-order valence-corrected chi connectivity index (χ0v) is 12.3. The Labute approximate surface area is 117 Å². The van der Waals surface area contributed by atoms with Crippen LogP contribution in [0.1, 0.15) is 24.1 Å². The van der Waals surface area contributed by atoms with E-state index in [1.54, 1.807) is 12.1 Å². The van der Waals surface area contributed by atoms with E-state index in [9.17, 15) is 18.0 Å². The molecule has 19 heavy (non-hydrogen) atoms. The molecule has 0 spiro atoms. The van der Waals surface area contributed by atoms with Crippen LogP contribution in [0.3, 0.4) is 0 Å². The van der Waals surface area contributed by atoms with Gasteiger partial charge in [-0.25, -0.2) is 8.42 Å². The van der Waals surface area contributed by atoms with Gasteiger partial charge in [0.1, 0.15) is 0 Å². The van der Waals surface area contributed by atoms with Crippen molar-refractivity contribution in [1.29, 1.82) is 0 Å². The Morgan fingerprint density at radius 2 is 1.63 bits per heavy atom. The smallest absolute Gasteiger partial charge is 0.230 e. The van der Waals surface area contributed by atoms with Gasteiger partial charge in [-0.3, -0.25) is 14.5 Å². The first-order valence-electron chi connectivity index (χ1n) is 5.39. The minimum Gasteiger partial charge on any atom is -0.274 e. The minimum atomic E-state index is -3.55. The fraction of sp³-hybridized carbons (Fsp3) is 0.333. The molecule has 0 fully saturated rings. The van der Waals surface area contributed by atoms with Gasteiger partial charge >= 0.3 is 0 Å². The van der Waals surface area contributed by atoms with Gasteiger partial charge in [-0.1, -0.05) is 18.2 Å². The summed E-state index contributed by atoms with van der Waals surface area (Å²) in [6, 6.07) is 6.16. The highest BCUT2D eigenvalue weighted by Crippen LogP contribution is 2.34. The van der Waals surface area contributed by atoms with Crippen LogP contribution in [0, 0.1) is 0 Å². The number of rotatable bonds is 3. The summed E-state index contributed by atoms with van der Waals surface area (Å²) in [6.07, 6.45) is 0.993. The Balaban J connectivity index is 3.45. The zero-order valence-electron chi connectivity index (χ0n) is 10.8. The van der Waals surface area contributed by atoms with E-state index in [-0.39, 0.29) is 11.3 Å². The van der Waals surface area contributed by atoms with Crippen molar-refractivity contribution in [2.45, 2.75) is 18.6 Å². The number of carbonyl (C=O) groups is 2. The molecule has 1 atom stereocenters. The zero-order chi connectivity index (χ0) is 14.8. The molecule has 1 rings (SSSR count). The number of hydrogen-bond donors (Lipinski definition) is 0. The van der Waals surface area contributed by atoms with Gasteiger partial charge in [0.2, 0.25) is 11.8 Å². The van der Waals surface area contributed by atoms with Gasteiger partial charge in [0.15, 0.2) is 14.5 Å². The summed E-state index contributed by atoms with van der Waals surface area (Å²) in [5, 5.41) is 0. The van der Waals surface area contributed by atoms with Gasteiger partial charge in [-0.2, -0.15) is 0 Å². The number of para-hydroxylation sites is 1. The molecule has 0 radical (unpaired) electrons. The van der Waals surface area contributed by atoms with Crippen molar-refractivity contribution in [1.82, 2.24) is 0 Å². The van der Waals surface area contributed by atoms with Gasteiger partial charge in [-0.05, 0) is 6.07 Å². The first-order valence-corrected chi connectivity index (χ1v) is 7.78. The second-order valence-corrected chi connectivity index (χ2v) is 6.90. The Kier molecular flexibility index (Phi) is 4.70. The third-order valence-electron chi connectivity index (χ3n) is 2.43. The number of imide groups is 1. The number of hydrogen-bond acceptors (Lipinski definition) is 4. The Morgan fingerprint density at radius 3 is 2.05 bits per heavy atom. The van der Waals surface area contributed by atoms with Gasteiger partial charge in [0.25, 0.3) is 0 Å². The van der Waals surface area contributed by atoms with Crippen molar-refractivity contribution in [2.24, 2.45) is 0 Å². The quantitative estimate of drug-likeness (QED) is 0.799. The fourth-order valence-corrected chi connectivity index (χ4v) is 2.52. The summed E-state index contributed by atoms with van der Waals surface area (Å²) in [4.78, 5) is 23.9. The Hall–Kier alpha value is -1.40. The van der Waals surface area contributed by atoms with E-state index in [1.807, 2.05) is 0 Å². The van der Waals surface area contributed by atoms with Crippen molar-refractivity contribution in [3.63, 3.8) is 0 Å². The molecule has 0 aliphatic rings. The first-order chi connectivity index (χ1) is 8.66. The molecule has 104 valence electrons. The second-order valence-electron chi connectivity index (χ2n) is 4.08.